The van der Waals surface area contributed by atoms with Gasteiger partial charge in [0.1, 0.15) is 5.82 Å². The highest BCUT2D eigenvalue weighted by Crippen LogP contribution is 2.16. The van der Waals surface area contributed by atoms with Gasteiger partial charge < -0.3 is 10.2 Å². The van der Waals surface area contributed by atoms with Crippen LogP contribution in [0.15, 0.2) is 22.7 Å². The lowest BCUT2D eigenvalue weighted by atomic mass is 10.2. The summed E-state index contributed by atoms with van der Waals surface area (Å²) in [4.78, 5) is 13.1. The van der Waals surface area contributed by atoms with E-state index >= 15 is 0 Å². The maximum absolute atomic E-state index is 13.2. The zero-order chi connectivity index (χ0) is 12.8. The van der Waals surface area contributed by atoms with E-state index in [9.17, 15) is 9.18 Å². The fourth-order valence-electron chi connectivity index (χ4n) is 1.27. The average molecular weight is 303 g/mol. The monoisotopic (exact) mass is 302 g/mol. The Bertz CT molecular complexity index is 398. The van der Waals surface area contributed by atoms with Gasteiger partial charge in [0.25, 0.3) is 0 Å². The lowest BCUT2D eigenvalue weighted by molar-refractivity contribution is -0.128. The number of benzene rings is 1. The van der Waals surface area contributed by atoms with Crippen molar-refractivity contribution in [2.24, 2.45) is 0 Å². The second-order valence-corrected chi connectivity index (χ2v) is 4.61. The van der Waals surface area contributed by atoms with Crippen LogP contribution in [0, 0.1) is 5.82 Å². The van der Waals surface area contributed by atoms with E-state index in [-0.39, 0.29) is 18.3 Å². The van der Waals surface area contributed by atoms with Crippen molar-refractivity contribution in [3.63, 3.8) is 0 Å². The minimum atomic E-state index is -0.290. The Hall–Kier alpha value is -0.940. The van der Waals surface area contributed by atoms with Gasteiger partial charge in [-0.05, 0) is 40.5 Å². The standard InChI is InChI=1S/C12H16BrFN2O/c1-3-16(2)12(17)8-15-7-9-4-5-10(13)11(14)6-9/h4-6,15H,3,7-8H2,1-2H3. The van der Waals surface area contributed by atoms with Gasteiger partial charge in [-0.25, -0.2) is 4.39 Å². The van der Waals surface area contributed by atoms with Crippen LogP contribution in [0.4, 0.5) is 4.39 Å². The molecule has 0 unspecified atom stereocenters. The molecule has 94 valence electrons. The minimum absolute atomic E-state index is 0.0325. The number of amides is 1. The molecule has 0 fully saturated rings. The maximum atomic E-state index is 13.2. The molecule has 1 amide bonds. The first-order chi connectivity index (χ1) is 8.04. The van der Waals surface area contributed by atoms with Crippen LogP contribution in [-0.4, -0.2) is 30.9 Å². The van der Waals surface area contributed by atoms with E-state index in [0.29, 0.717) is 17.6 Å². The highest BCUT2D eigenvalue weighted by molar-refractivity contribution is 9.10. The molecule has 0 saturated heterocycles. The normalized spacial score (nSPS) is 10.4. The van der Waals surface area contributed by atoms with Crippen molar-refractivity contribution in [1.29, 1.82) is 0 Å². The number of rotatable bonds is 5. The third-order valence-electron chi connectivity index (χ3n) is 2.49. The van der Waals surface area contributed by atoms with Crippen LogP contribution in [0.5, 0.6) is 0 Å². The zero-order valence-electron chi connectivity index (χ0n) is 9.96. The predicted molar refractivity (Wildman–Crippen MR) is 69.1 cm³/mol. The van der Waals surface area contributed by atoms with Crippen molar-refractivity contribution in [1.82, 2.24) is 10.2 Å². The summed E-state index contributed by atoms with van der Waals surface area (Å²) >= 11 is 3.09. The van der Waals surface area contributed by atoms with E-state index in [1.165, 1.54) is 6.07 Å². The molecule has 0 heterocycles. The smallest absolute Gasteiger partial charge is 0.236 e. The van der Waals surface area contributed by atoms with Crippen molar-refractivity contribution in [3.05, 3.63) is 34.1 Å². The molecule has 0 aliphatic carbocycles. The highest BCUT2D eigenvalue weighted by Gasteiger charge is 2.06. The molecular weight excluding hydrogens is 287 g/mol. The van der Waals surface area contributed by atoms with Gasteiger partial charge in [-0.3, -0.25) is 4.79 Å². The molecule has 5 heteroatoms. The molecule has 0 spiro atoms. The lowest BCUT2D eigenvalue weighted by Crippen LogP contribution is -2.35. The molecule has 0 atom stereocenters. The van der Waals surface area contributed by atoms with Gasteiger partial charge >= 0.3 is 0 Å². The van der Waals surface area contributed by atoms with Crippen LogP contribution < -0.4 is 5.32 Å². The summed E-state index contributed by atoms with van der Waals surface area (Å²) in [6.07, 6.45) is 0. The number of nitrogens with zero attached hydrogens (tertiary/aromatic N) is 1. The average Bonchev–Trinajstić information content (AvgIpc) is 2.32. The van der Waals surface area contributed by atoms with Crippen LogP contribution in [0.2, 0.25) is 0 Å². The number of hydrogen-bond donors (Lipinski definition) is 1. The summed E-state index contributed by atoms with van der Waals surface area (Å²) in [5.41, 5.74) is 0.817. The summed E-state index contributed by atoms with van der Waals surface area (Å²) < 4.78 is 13.6. The highest BCUT2D eigenvalue weighted by atomic mass is 79.9. The number of nitrogens with one attached hydrogen (secondary N) is 1. The summed E-state index contributed by atoms with van der Waals surface area (Å²) in [5.74, 6) is -0.258. The fraction of sp³-hybridized carbons (Fsp3) is 0.417. The first-order valence-electron chi connectivity index (χ1n) is 5.43. The SMILES string of the molecule is CCN(C)C(=O)CNCc1ccc(Br)c(F)c1. The van der Waals surface area contributed by atoms with Gasteiger partial charge in [-0.1, -0.05) is 6.07 Å². The van der Waals surface area contributed by atoms with Gasteiger partial charge in [0.2, 0.25) is 5.91 Å². The zero-order valence-corrected chi connectivity index (χ0v) is 11.6. The molecule has 1 aromatic rings. The first-order valence-corrected chi connectivity index (χ1v) is 6.22. The third kappa shape index (κ3) is 4.44. The number of carbonyl (C=O) groups excluding carboxylic acids is 1. The molecule has 0 saturated carbocycles. The number of carbonyl (C=O) groups is 1. The molecule has 1 aromatic carbocycles. The maximum Gasteiger partial charge on any atom is 0.236 e. The molecule has 17 heavy (non-hydrogen) atoms. The number of hydrogen-bond acceptors (Lipinski definition) is 2. The van der Waals surface area contributed by atoms with Crippen LogP contribution in [0.25, 0.3) is 0 Å². The first kappa shape index (κ1) is 14.1. The number of halogens is 2. The van der Waals surface area contributed by atoms with Gasteiger partial charge in [0.15, 0.2) is 0 Å². The van der Waals surface area contributed by atoms with Crippen LogP contribution in [0.1, 0.15) is 12.5 Å². The second kappa shape index (κ2) is 6.71. The van der Waals surface area contributed by atoms with E-state index in [0.717, 1.165) is 5.56 Å². The molecule has 0 aliphatic rings. The van der Waals surface area contributed by atoms with Crippen LogP contribution in [-0.2, 0) is 11.3 Å². The largest absolute Gasteiger partial charge is 0.345 e. The second-order valence-electron chi connectivity index (χ2n) is 3.76. The molecule has 0 aliphatic heterocycles. The van der Waals surface area contributed by atoms with E-state index in [2.05, 4.69) is 21.2 Å². The summed E-state index contributed by atoms with van der Waals surface area (Å²) in [7, 11) is 1.75. The van der Waals surface area contributed by atoms with E-state index < -0.39 is 0 Å². The predicted octanol–water partition coefficient (Wildman–Crippen LogP) is 2.16. The van der Waals surface area contributed by atoms with Crippen LogP contribution >= 0.6 is 15.9 Å². The number of likely N-dealkylation sites (N-methyl/N-ethyl adjacent to an activating group) is 1. The molecule has 3 nitrogen and oxygen atoms in total. The molecule has 0 aromatic heterocycles. The van der Waals surface area contributed by atoms with Crippen molar-refractivity contribution in [3.8, 4) is 0 Å². The van der Waals surface area contributed by atoms with Crippen LogP contribution in [0.3, 0.4) is 0 Å². The molecular formula is C12H16BrFN2O. The van der Waals surface area contributed by atoms with Gasteiger partial charge in [-0.2, -0.15) is 0 Å². The Morgan fingerprint density at radius 2 is 2.24 bits per heavy atom. The van der Waals surface area contributed by atoms with Gasteiger partial charge in [0.05, 0.1) is 11.0 Å². The summed E-state index contributed by atoms with van der Waals surface area (Å²) in [6.45, 7) is 3.35. The van der Waals surface area contributed by atoms with E-state index in [1.807, 2.05) is 13.0 Å². The molecule has 0 radical (unpaired) electrons. The van der Waals surface area contributed by atoms with E-state index in [4.69, 9.17) is 0 Å². The summed E-state index contributed by atoms with van der Waals surface area (Å²) in [5, 5.41) is 2.99. The van der Waals surface area contributed by atoms with Gasteiger partial charge in [0, 0.05) is 20.1 Å². The fourth-order valence-corrected chi connectivity index (χ4v) is 1.52. The molecule has 1 N–H and O–H groups in total. The lowest BCUT2D eigenvalue weighted by Gasteiger charge is -2.14. The van der Waals surface area contributed by atoms with Crippen molar-refractivity contribution < 1.29 is 9.18 Å². The topological polar surface area (TPSA) is 32.3 Å². The Morgan fingerprint density at radius 1 is 1.53 bits per heavy atom. The Kier molecular flexibility index (Phi) is 5.58. The Morgan fingerprint density at radius 3 is 2.82 bits per heavy atom. The van der Waals surface area contributed by atoms with Crippen molar-refractivity contribution >= 4 is 21.8 Å². The quantitative estimate of drug-likeness (QED) is 0.904. The van der Waals surface area contributed by atoms with E-state index in [1.54, 1.807) is 18.0 Å². The Balaban J connectivity index is 2.41. The van der Waals surface area contributed by atoms with Crippen molar-refractivity contribution in [2.75, 3.05) is 20.1 Å². The minimum Gasteiger partial charge on any atom is -0.345 e. The van der Waals surface area contributed by atoms with Gasteiger partial charge in [-0.15, -0.1) is 0 Å². The molecule has 1 rings (SSSR count). The third-order valence-corrected chi connectivity index (χ3v) is 3.13. The summed E-state index contributed by atoms with van der Waals surface area (Å²) in [6, 6.07) is 4.92. The van der Waals surface area contributed by atoms with Crippen molar-refractivity contribution in [2.45, 2.75) is 13.5 Å². The Labute approximate surface area is 109 Å². The molecule has 0 bridgehead atoms.